The van der Waals surface area contributed by atoms with E-state index in [0.717, 1.165) is 10.9 Å². The molecule has 174 valence electrons. The standard InChI is InChI=1S/C26H25N3O5/c1-4-17-13-24(31)29-25(28-17)16-6-5-7-18(12-16)27-23(30)11-10-21-15(2)20-9-8-19(33-3)14-22(20)34-26(21)32/h5-9,12-14H,4,10-11H2,1-3H3,(H,27,30)(H,28,29,31). The number of carbonyl (C=O) groups excluding carboxylic acids is 1. The molecule has 0 bridgehead atoms. The first kappa shape index (κ1) is 23.0. The van der Waals surface area contributed by atoms with Crippen molar-refractivity contribution in [2.75, 3.05) is 12.4 Å². The number of carbonyl (C=O) groups is 1. The van der Waals surface area contributed by atoms with Crippen LogP contribution in [0.5, 0.6) is 5.75 Å². The van der Waals surface area contributed by atoms with Gasteiger partial charge in [0.15, 0.2) is 0 Å². The predicted molar refractivity (Wildman–Crippen MR) is 130 cm³/mol. The van der Waals surface area contributed by atoms with Crippen LogP contribution in [0.3, 0.4) is 0 Å². The summed E-state index contributed by atoms with van der Waals surface area (Å²) in [6.07, 6.45) is 0.996. The van der Waals surface area contributed by atoms with Crippen molar-refractivity contribution in [3.8, 4) is 17.1 Å². The minimum Gasteiger partial charge on any atom is -0.497 e. The number of amides is 1. The Bertz CT molecular complexity index is 1490. The third kappa shape index (κ3) is 4.91. The number of ether oxygens (including phenoxy) is 1. The third-order valence-electron chi connectivity index (χ3n) is 5.67. The van der Waals surface area contributed by atoms with E-state index in [1.807, 2.05) is 26.0 Å². The van der Waals surface area contributed by atoms with Crippen LogP contribution in [0.15, 0.2) is 62.5 Å². The highest BCUT2D eigenvalue weighted by atomic mass is 16.5. The number of nitrogens with one attached hydrogen (secondary N) is 2. The molecular weight excluding hydrogens is 434 g/mol. The van der Waals surface area contributed by atoms with Crippen molar-refractivity contribution in [3.63, 3.8) is 0 Å². The summed E-state index contributed by atoms with van der Waals surface area (Å²) >= 11 is 0. The monoisotopic (exact) mass is 459 g/mol. The number of H-pyrrole nitrogens is 1. The van der Waals surface area contributed by atoms with E-state index >= 15 is 0 Å². The lowest BCUT2D eigenvalue weighted by atomic mass is 10.0. The second kappa shape index (κ2) is 9.74. The summed E-state index contributed by atoms with van der Waals surface area (Å²) in [4.78, 5) is 44.2. The summed E-state index contributed by atoms with van der Waals surface area (Å²) in [7, 11) is 1.55. The third-order valence-corrected chi connectivity index (χ3v) is 5.67. The molecule has 0 aliphatic rings. The summed E-state index contributed by atoms with van der Waals surface area (Å²) in [5, 5.41) is 3.65. The zero-order chi connectivity index (χ0) is 24.2. The SMILES string of the molecule is CCc1cc(=O)[nH]c(-c2cccc(NC(=O)CCc3c(C)c4ccc(OC)cc4oc3=O)c2)n1. The Balaban J connectivity index is 1.49. The van der Waals surface area contributed by atoms with Gasteiger partial charge in [0.25, 0.3) is 5.56 Å². The van der Waals surface area contributed by atoms with Crippen LogP contribution in [0, 0.1) is 6.92 Å². The number of nitrogens with zero attached hydrogens (tertiary/aromatic N) is 1. The number of hydrogen-bond donors (Lipinski definition) is 2. The van der Waals surface area contributed by atoms with Crippen LogP contribution in [0.25, 0.3) is 22.4 Å². The minimum absolute atomic E-state index is 0.109. The maximum absolute atomic E-state index is 12.6. The quantitative estimate of drug-likeness (QED) is 0.404. The lowest BCUT2D eigenvalue weighted by Crippen LogP contribution is -2.16. The van der Waals surface area contributed by atoms with Crippen LogP contribution in [-0.4, -0.2) is 23.0 Å². The molecule has 0 atom stereocenters. The fourth-order valence-electron chi connectivity index (χ4n) is 3.82. The highest BCUT2D eigenvalue weighted by Gasteiger charge is 2.14. The number of benzene rings is 2. The van der Waals surface area contributed by atoms with Gasteiger partial charge in [0.05, 0.1) is 7.11 Å². The molecule has 0 aliphatic heterocycles. The normalized spacial score (nSPS) is 10.9. The van der Waals surface area contributed by atoms with Crippen molar-refractivity contribution in [2.45, 2.75) is 33.1 Å². The molecule has 0 saturated heterocycles. The molecule has 0 fully saturated rings. The lowest BCUT2D eigenvalue weighted by Gasteiger charge is -2.10. The van der Waals surface area contributed by atoms with Gasteiger partial charge in [-0.1, -0.05) is 19.1 Å². The van der Waals surface area contributed by atoms with E-state index in [-0.39, 0.29) is 24.3 Å². The fourth-order valence-corrected chi connectivity index (χ4v) is 3.82. The second-order valence-electron chi connectivity index (χ2n) is 7.92. The van der Waals surface area contributed by atoms with Crippen molar-refractivity contribution in [2.24, 2.45) is 0 Å². The van der Waals surface area contributed by atoms with Gasteiger partial charge in [0.1, 0.15) is 17.2 Å². The minimum atomic E-state index is -0.459. The van der Waals surface area contributed by atoms with Crippen molar-refractivity contribution < 1.29 is 13.9 Å². The van der Waals surface area contributed by atoms with Gasteiger partial charge in [-0.2, -0.15) is 0 Å². The van der Waals surface area contributed by atoms with Gasteiger partial charge < -0.3 is 19.5 Å². The molecule has 2 N–H and O–H groups in total. The number of rotatable bonds is 7. The zero-order valence-corrected chi connectivity index (χ0v) is 19.2. The topological polar surface area (TPSA) is 114 Å². The van der Waals surface area contributed by atoms with Gasteiger partial charge in [-0.15, -0.1) is 0 Å². The van der Waals surface area contributed by atoms with Crippen molar-refractivity contribution in [3.05, 3.63) is 86.1 Å². The van der Waals surface area contributed by atoms with E-state index in [1.54, 1.807) is 37.4 Å². The molecule has 1 amide bonds. The Morgan fingerprint density at radius 1 is 1.15 bits per heavy atom. The van der Waals surface area contributed by atoms with Crippen LogP contribution in [0.2, 0.25) is 0 Å². The number of aromatic nitrogens is 2. The highest BCUT2D eigenvalue weighted by Crippen LogP contribution is 2.25. The molecule has 8 nitrogen and oxygen atoms in total. The summed E-state index contributed by atoms with van der Waals surface area (Å²) in [6.45, 7) is 3.78. The van der Waals surface area contributed by atoms with E-state index in [2.05, 4.69) is 15.3 Å². The highest BCUT2D eigenvalue weighted by molar-refractivity contribution is 5.91. The molecule has 0 unspecified atom stereocenters. The number of fused-ring (bicyclic) bond motifs is 1. The van der Waals surface area contributed by atoms with Crippen LogP contribution < -0.4 is 21.2 Å². The molecule has 0 saturated carbocycles. The molecule has 0 aliphatic carbocycles. The number of hydrogen-bond acceptors (Lipinski definition) is 6. The van der Waals surface area contributed by atoms with Gasteiger partial charge in [0.2, 0.25) is 5.91 Å². The summed E-state index contributed by atoms with van der Waals surface area (Å²) < 4.78 is 10.6. The molecule has 0 spiro atoms. The van der Waals surface area contributed by atoms with E-state index in [0.29, 0.717) is 46.1 Å². The van der Waals surface area contributed by atoms with Gasteiger partial charge in [-0.25, -0.2) is 9.78 Å². The van der Waals surface area contributed by atoms with Gasteiger partial charge in [0, 0.05) is 46.4 Å². The number of anilines is 1. The Labute approximate surface area is 195 Å². The Morgan fingerprint density at radius 3 is 2.74 bits per heavy atom. The van der Waals surface area contributed by atoms with E-state index < -0.39 is 5.63 Å². The Hall–Kier alpha value is -4.20. The smallest absolute Gasteiger partial charge is 0.339 e. The fraction of sp³-hybridized carbons (Fsp3) is 0.231. The van der Waals surface area contributed by atoms with E-state index in [4.69, 9.17) is 9.15 Å². The van der Waals surface area contributed by atoms with Crippen LogP contribution in [0.1, 0.15) is 30.2 Å². The molecular formula is C26H25N3O5. The average Bonchev–Trinajstić information content (AvgIpc) is 2.83. The van der Waals surface area contributed by atoms with Crippen molar-refractivity contribution >= 4 is 22.6 Å². The van der Waals surface area contributed by atoms with Gasteiger partial charge in [-0.3, -0.25) is 9.59 Å². The Morgan fingerprint density at radius 2 is 1.97 bits per heavy atom. The van der Waals surface area contributed by atoms with Crippen molar-refractivity contribution in [1.29, 1.82) is 0 Å². The molecule has 4 aromatic rings. The molecule has 2 aromatic heterocycles. The summed E-state index contributed by atoms with van der Waals surface area (Å²) in [5.41, 5.74) is 2.97. The van der Waals surface area contributed by atoms with Crippen LogP contribution >= 0.6 is 0 Å². The number of aryl methyl sites for hydroxylation is 2. The summed E-state index contributed by atoms with van der Waals surface area (Å²) in [6, 6.07) is 13.9. The molecule has 2 aromatic carbocycles. The Kier molecular flexibility index (Phi) is 6.58. The molecule has 34 heavy (non-hydrogen) atoms. The van der Waals surface area contributed by atoms with Gasteiger partial charge >= 0.3 is 5.63 Å². The second-order valence-corrected chi connectivity index (χ2v) is 7.92. The van der Waals surface area contributed by atoms with Crippen LogP contribution in [0.4, 0.5) is 5.69 Å². The van der Waals surface area contributed by atoms with E-state index in [1.165, 1.54) is 6.07 Å². The first-order valence-electron chi connectivity index (χ1n) is 11.0. The molecule has 4 rings (SSSR count). The van der Waals surface area contributed by atoms with Gasteiger partial charge in [-0.05, 0) is 49.6 Å². The molecule has 0 radical (unpaired) electrons. The largest absolute Gasteiger partial charge is 0.497 e. The first-order valence-corrected chi connectivity index (χ1v) is 11.0. The maximum atomic E-state index is 12.6. The molecule has 2 heterocycles. The lowest BCUT2D eigenvalue weighted by molar-refractivity contribution is -0.116. The predicted octanol–water partition coefficient (Wildman–Crippen LogP) is 3.99. The van der Waals surface area contributed by atoms with E-state index in [9.17, 15) is 14.4 Å². The summed E-state index contributed by atoms with van der Waals surface area (Å²) in [5.74, 6) is 0.807. The number of methoxy groups -OCH3 is 1. The average molecular weight is 460 g/mol. The first-order chi connectivity index (χ1) is 16.4. The van der Waals surface area contributed by atoms with Crippen LogP contribution in [-0.2, 0) is 17.6 Å². The zero-order valence-electron chi connectivity index (χ0n) is 19.2. The maximum Gasteiger partial charge on any atom is 0.339 e. The molecule has 8 heteroatoms. The number of aromatic amines is 1. The van der Waals surface area contributed by atoms with Crippen molar-refractivity contribution in [1.82, 2.24) is 9.97 Å².